The van der Waals surface area contributed by atoms with Crippen LogP contribution in [0.15, 0.2) is 72.8 Å². The summed E-state index contributed by atoms with van der Waals surface area (Å²) in [6, 6.07) is 21.4. The zero-order valence-electron chi connectivity index (χ0n) is 16.9. The summed E-state index contributed by atoms with van der Waals surface area (Å²) in [7, 11) is 0. The Labute approximate surface area is 176 Å². The van der Waals surface area contributed by atoms with Gasteiger partial charge in [0.05, 0.1) is 6.04 Å². The zero-order chi connectivity index (χ0) is 20.9. The van der Waals surface area contributed by atoms with Crippen LogP contribution in [0.25, 0.3) is 0 Å². The van der Waals surface area contributed by atoms with Crippen LogP contribution < -0.4 is 15.4 Å². The van der Waals surface area contributed by atoms with E-state index in [-0.39, 0.29) is 17.8 Å². The highest BCUT2D eigenvalue weighted by atomic mass is 19.1. The van der Waals surface area contributed by atoms with Crippen molar-refractivity contribution in [3.8, 4) is 11.5 Å². The van der Waals surface area contributed by atoms with Gasteiger partial charge in [-0.1, -0.05) is 29.8 Å². The summed E-state index contributed by atoms with van der Waals surface area (Å²) < 4.78 is 18.7. The van der Waals surface area contributed by atoms with Gasteiger partial charge in [0.15, 0.2) is 0 Å². The molecule has 0 aromatic heterocycles. The molecule has 2 N–H and O–H groups in total. The van der Waals surface area contributed by atoms with Gasteiger partial charge in [-0.05, 0) is 86.3 Å². The molecule has 0 spiro atoms. The minimum Gasteiger partial charge on any atom is -0.457 e. The smallest absolute Gasteiger partial charge is 0.241 e. The van der Waals surface area contributed by atoms with Crippen LogP contribution in [0.2, 0.25) is 0 Å². The minimum absolute atomic E-state index is 0.0195. The Kier molecular flexibility index (Phi) is 6.10. The molecule has 154 valence electrons. The van der Waals surface area contributed by atoms with Gasteiger partial charge in [-0.2, -0.15) is 0 Å². The van der Waals surface area contributed by atoms with E-state index < -0.39 is 0 Å². The van der Waals surface area contributed by atoms with Gasteiger partial charge in [-0.15, -0.1) is 0 Å². The molecule has 1 amide bonds. The number of halogens is 1. The second-order valence-corrected chi connectivity index (χ2v) is 7.83. The lowest BCUT2D eigenvalue weighted by atomic mass is 9.95. The molecule has 1 aliphatic heterocycles. The van der Waals surface area contributed by atoms with E-state index in [1.807, 2.05) is 0 Å². The summed E-state index contributed by atoms with van der Waals surface area (Å²) in [4.78, 5) is 12.6. The molecule has 3 aromatic rings. The van der Waals surface area contributed by atoms with E-state index in [2.05, 4.69) is 41.8 Å². The number of hydrogen-bond donors (Lipinski definition) is 2. The summed E-state index contributed by atoms with van der Waals surface area (Å²) in [5.74, 6) is 1.31. The quantitative estimate of drug-likeness (QED) is 0.602. The van der Waals surface area contributed by atoms with Crippen molar-refractivity contribution in [3.63, 3.8) is 0 Å². The number of benzene rings is 3. The third kappa shape index (κ3) is 5.24. The van der Waals surface area contributed by atoms with E-state index in [0.29, 0.717) is 17.4 Å². The summed E-state index contributed by atoms with van der Waals surface area (Å²) >= 11 is 0. The van der Waals surface area contributed by atoms with Crippen molar-refractivity contribution < 1.29 is 13.9 Å². The van der Waals surface area contributed by atoms with Crippen molar-refractivity contribution in [2.45, 2.75) is 25.8 Å². The lowest BCUT2D eigenvalue weighted by Gasteiger charge is -2.13. The molecule has 1 aliphatic rings. The van der Waals surface area contributed by atoms with Gasteiger partial charge in [0, 0.05) is 5.69 Å². The normalized spacial score (nSPS) is 18.2. The van der Waals surface area contributed by atoms with Gasteiger partial charge in [-0.25, -0.2) is 4.39 Å². The fourth-order valence-corrected chi connectivity index (χ4v) is 3.81. The van der Waals surface area contributed by atoms with Crippen LogP contribution in [0.5, 0.6) is 11.5 Å². The zero-order valence-corrected chi connectivity index (χ0v) is 16.9. The lowest BCUT2D eigenvalue weighted by Crippen LogP contribution is -2.35. The predicted molar refractivity (Wildman–Crippen MR) is 116 cm³/mol. The summed E-state index contributed by atoms with van der Waals surface area (Å²) in [6.07, 6.45) is 1.80. The van der Waals surface area contributed by atoms with Crippen LogP contribution in [0.3, 0.4) is 0 Å². The van der Waals surface area contributed by atoms with Crippen LogP contribution in [-0.4, -0.2) is 18.5 Å². The number of hydrogen-bond acceptors (Lipinski definition) is 3. The van der Waals surface area contributed by atoms with Crippen LogP contribution in [-0.2, 0) is 11.2 Å². The Bertz CT molecular complexity index is 1000. The molecule has 0 aliphatic carbocycles. The van der Waals surface area contributed by atoms with Crippen LogP contribution in [0.4, 0.5) is 10.1 Å². The molecule has 1 saturated heterocycles. The van der Waals surface area contributed by atoms with Gasteiger partial charge in [0.2, 0.25) is 5.91 Å². The molecule has 3 aromatic carbocycles. The van der Waals surface area contributed by atoms with Crippen molar-refractivity contribution >= 4 is 11.6 Å². The maximum absolute atomic E-state index is 13.0. The van der Waals surface area contributed by atoms with Crippen LogP contribution in [0, 0.1) is 18.7 Å². The molecule has 4 nitrogen and oxygen atoms in total. The third-order valence-corrected chi connectivity index (χ3v) is 5.32. The Hall–Kier alpha value is -3.18. The van der Waals surface area contributed by atoms with E-state index in [1.165, 1.54) is 23.3 Å². The SMILES string of the molecule is Cc1cccc(C[C@H]2CN[C@H](C(=O)Nc3ccc(Oc4ccc(F)cc4)cc3)C2)c1. The summed E-state index contributed by atoms with van der Waals surface area (Å²) in [5.41, 5.74) is 3.30. The number of anilines is 1. The molecule has 2 atom stereocenters. The first kappa shape index (κ1) is 20.1. The Morgan fingerprint density at radius 2 is 1.77 bits per heavy atom. The first-order valence-corrected chi connectivity index (χ1v) is 10.2. The Balaban J connectivity index is 1.29. The average molecular weight is 404 g/mol. The Morgan fingerprint density at radius 1 is 1.07 bits per heavy atom. The van der Waals surface area contributed by atoms with E-state index in [4.69, 9.17) is 4.74 Å². The van der Waals surface area contributed by atoms with Crippen molar-refractivity contribution in [2.75, 3.05) is 11.9 Å². The number of ether oxygens (including phenoxy) is 1. The molecule has 4 rings (SSSR count). The molecule has 1 fully saturated rings. The molecule has 5 heteroatoms. The molecule has 1 heterocycles. The van der Waals surface area contributed by atoms with Crippen molar-refractivity contribution in [3.05, 3.63) is 89.7 Å². The number of amides is 1. The maximum Gasteiger partial charge on any atom is 0.241 e. The van der Waals surface area contributed by atoms with Crippen molar-refractivity contribution in [2.24, 2.45) is 5.92 Å². The van der Waals surface area contributed by atoms with Gasteiger partial charge >= 0.3 is 0 Å². The van der Waals surface area contributed by atoms with Gasteiger partial charge < -0.3 is 15.4 Å². The first-order chi connectivity index (χ1) is 14.5. The van der Waals surface area contributed by atoms with E-state index >= 15 is 0 Å². The second-order valence-electron chi connectivity index (χ2n) is 7.83. The van der Waals surface area contributed by atoms with E-state index in [1.54, 1.807) is 36.4 Å². The van der Waals surface area contributed by atoms with Crippen LogP contribution in [0.1, 0.15) is 17.5 Å². The molecule has 30 heavy (non-hydrogen) atoms. The standard InChI is InChI=1S/C25H25FN2O2/c1-17-3-2-4-18(13-17)14-19-15-24(27-16-19)25(29)28-21-7-11-23(12-8-21)30-22-9-5-20(26)6-10-22/h2-13,19,24,27H,14-16H2,1H3,(H,28,29)/t19-,24+/m1/s1. The fourth-order valence-electron chi connectivity index (χ4n) is 3.81. The van der Waals surface area contributed by atoms with E-state index in [0.717, 1.165) is 25.1 Å². The molecule has 0 unspecified atom stereocenters. The van der Waals surface area contributed by atoms with Crippen molar-refractivity contribution in [1.82, 2.24) is 5.32 Å². The highest BCUT2D eigenvalue weighted by Gasteiger charge is 2.29. The molecule has 0 bridgehead atoms. The Morgan fingerprint density at radius 3 is 2.47 bits per heavy atom. The minimum atomic E-state index is -0.304. The molecule has 0 saturated carbocycles. The number of nitrogens with one attached hydrogen (secondary N) is 2. The van der Waals surface area contributed by atoms with Crippen LogP contribution >= 0.6 is 0 Å². The van der Waals surface area contributed by atoms with Gasteiger partial charge in [0.25, 0.3) is 0 Å². The first-order valence-electron chi connectivity index (χ1n) is 10.2. The monoisotopic (exact) mass is 404 g/mol. The molecular formula is C25H25FN2O2. The van der Waals surface area contributed by atoms with Crippen molar-refractivity contribution in [1.29, 1.82) is 0 Å². The number of carbonyl (C=O) groups is 1. The predicted octanol–water partition coefficient (Wildman–Crippen LogP) is 5.09. The highest BCUT2D eigenvalue weighted by molar-refractivity contribution is 5.95. The average Bonchev–Trinajstić information content (AvgIpc) is 3.20. The number of carbonyl (C=O) groups excluding carboxylic acids is 1. The summed E-state index contributed by atoms with van der Waals surface area (Å²) in [5, 5.41) is 6.31. The third-order valence-electron chi connectivity index (χ3n) is 5.32. The van der Waals surface area contributed by atoms with Gasteiger partial charge in [-0.3, -0.25) is 4.79 Å². The number of aryl methyl sites for hydroxylation is 1. The summed E-state index contributed by atoms with van der Waals surface area (Å²) in [6.45, 7) is 2.94. The maximum atomic E-state index is 13.0. The number of rotatable bonds is 6. The van der Waals surface area contributed by atoms with Gasteiger partial charge in [0.1, 0.15) is 17.3 Å². The fraction of sp³-hybridized carbons (Fsp3) is 0.240. The molecule has 0 radical (unpaired) electrons. The second kappa shape index (κ2) is 9.09. The highest BCUT2D eigenvalue weighted by Crippen LogP contribution is 2.24. The topological polar surface area (TPSA) is 50.4 Å². The largest absolute Gasteiger partial charge is 0.457 e. The van der Waals surface area contributed by atoms with E-state index in [9.17, 15) is 9.18 Å². The lowest BCUT2D eigenvalue weighted by molar-refractivity contribution is -0.117. The molecular weight excluding hydrogens is 379 g/mol.